The van der Waals surface area contributed by atoms with Crippen LogP contribution in [0.15, 0.2) is 23.6 Å². The van der Waals surface area contributed by atoms with Gasteiger partial charge in [0.15, 0.2) is 11.6 Å². The summed E-state index contributed by atoms with van der Waals surface area (Å²) in [6.45, 7) is 5.08. The van der Waals surface area contributed by atoms with Crippen LogP contribution in [-0.4, -0.2) is 30.7 Å². The summed E-state index contributed by atoms with van der Waals surface area (Å²) in [7, 11) is 0. The molecule has 0 unspecified atom stereocenters. The lowest BCUT2D eigenvalue weighted by molar-refractivity contribution is 0.236. The van der Waals surface area contributed by atoms with Crippen molar-refractivity contribution in [2.45, 2.75) is 26.2 Å². The molecule has 0 aliphatic carbocycles. The minimum atomic E-state index is -0.967. The molecule has 0 aliphatic rings. The maximum Gasteiger partial charge on any atom is 0.314 e. The van der Waals surface area contributed by atoms with Gasteiger partial charge in [0, 0.05) is 30.3 Å². The Kier molecular flexibility index (Phi) is 7.12. The second kappa shape index (κ2) is 9.31. The zero-order chi connectivity index (χ0) is 18.2. The van der Waals surface area contributed by atoms with Crippen molar-refractivity contribution < 1.29 is 18.3 Å². The van der Waals surface area contributed by atoms with E-state index in [2.05, 4.69) is 29.5 Å². The van der Waals surface area contributed by atoms with Crippen molar-refractivity contribution >= 4 is 17.4 Å². The third-order valence-corrected chi connectivity index (χ3v) is 4.47. The van der Waals surface area contributed by atoms with Gasteiger partial charge >= 0.3 is 6.03 Å². The number of carbonyl (C=O) groups excluding carboxylic acids is 1. The minimum Gasteiger partial charge on any atom is -0.492 e. The Balaban J connectivity index is 1.59. The number of aromatic nitrogens is 1. The number of nitrogens with zero attached hydrogens (tertiary/aromatic N) is 1. The van der Waals surface area contributed by atoms with Crippen LogP contribution in [0.25, 0.3) is 0 Å². The molecule has 25 heavy (non-hydrogen) atoms. The number of thiazole rings is 1. The van der Waals surface area contributed by atoms with Gasteiger partial charge in [0.1, 0.15) is 12.4 Å². The highest BCUT2D eigenvalue weighted by atomic mass is 32.1. The average Bonchev–Trinajstić information content (AvgIpc) is 3.04. The zero-order valence-corrected chi connectivity index (χ0v) is 15.0. The summed E-state index contributed by atoms with van der Waals surface area (Å²) in [5.74, 6) is -1.27. The lowest BCUT2D eigenvalue weighted by Crippen LogP contribution is -2.38. The van der Waals surface area contributed by atoms with Gasteiger partial charge in [0.05, 0.1) is 17.2 Å². The van der Waals surface area contributed by atoms with Gasteiger partial charge in [-0.2, -0.15) is 0 Å². The molecule has 2 aromatic rings. The third-order valence-electron chi connectivity index (χ3n) is 3.28. The van der Waals surface area contributed by atoms with Gasteiger partial charge in [-0.15, -0.1) is 11.3 Å². The summed E-state index contributed by atoms with van der Waals surface area (Å²) < 4.78 is 31.0. The van der Waals surface area contributed by atoms with E-state index in [1.165, 1.54) is 6.07 Å². The number of urea groups is 1. The van der Waals surface area contributed by atoms with Gasteiger partial charge in [-0.3, -0.25) is 0 Å². The Hall–Kier alpha value is -2.22. The molecule has 0 saturated heterocycles. The largest absolute Gasteiger partial charge is 0.492 e. The molecule has 1 aromatic carbocycles. The maximum absolute atomic E-state index is 13.0. The van der Waals surface area contributed by atoms with Gasteiger partial charge in [-0.05, 0) is 12.1 Å². The Morgan fingerprint density at radius 2 is 2.00 bits per heavy atom. The van der Waals surface area contributed by atoms with Crippen molar-refractivity contribution in [1.82, 2.24) is 15.6 Å². The lowest BCUT2D eigenvalue weighted by atomic mass is 10.2. The molecule has 0 saturated carbocycles. The fourth-order valence-electron chi connectivity index (χ4n) is 1.97. The van der Waals surface area contributed by atoms with Crippen molar-refractivity contribution in [2.24, 2.45) is 0 Å². The Bertz CT molecular complexity index is 707. The van der Waals surface area contributed by atoms with E-state index in [-0.39, 0.29) is 24.9 Å². The van der Waals surface area contributed by atoms with Crippen LogP contribution in [0.2, 0.25) is 0 Å². The van der Waals surface area contributed by atoms with Gasteiger partial charge in [-0.25, -0.2) is 18.6 Å². The summed E-state index contributed by atoms with van der Waals surface area (Å²) in [5.41, 5.74) is 0.968. The quantitative estimate of drug-likeness (QED) is 0.701. The van der Waals surface area contributed by atoms with E-state index in [9.17, 15) is 13.6 Å². The fourth-order valence-corrected chi connectivity index (χ4v) is 2.84. The highest BCUT2D eigenvalue weighted by Crippen LogP contribution is 2.19. The molecule has 0 atom stereocenters. The molecule has 5 nitrogen and oxygen atoms in total. The summed E-state index contributed by atoms with van der Waals surface area (Å²) in [6.07, 6.45) is 0.669. The first-order valence-corrected chi connectivity index (χ1v) is 8.87. The van der Waals surface area contributed by atoms with Crippen LogP contribution in [0, 0.1) is 11.6 Å². The van der Waals surface area contributed by atoms with Crippen molar-refractivity contribution in [2.75, 3.05) is 19.7 Å². The number of rotatable bonds is 8. The van der Waals surface area contributed by atoms with Crippen molar-refractivity contribution in [1.29, 1.82) is 0 Å². The monoisotopic (exact) mass is 369 g/mol. The summed E-state index contributed by atoms with van der Waals surface area (Å²) in [5, 5.41) is 8.46. The van der Waals surface area contributed by atoms with E-state index in [1.54, 1.807) is 11.3 Å². The highest BCUT2D eigenvalue weighted by molar-refractivity contribution is 7.09. The lowest BCUT2D eigenvalue weighted by Gasteiger charge is -2.09. The van der Waals surface area contributed by atoms with Crippen LogP contribution in [-0.2, 0) is 6.42 Å². The predicted octanol–water partition coefficient (Wildman–Crippen LogP) is 3.47. The first-order valence-electron chi connectivity index (χ1n) is 7.99. The van der Waals surface area contributed by atoms with E-state index in [4.69, 9.17) is 4.74 Å². The number of halogens is 2. The molecule has 2 amide bonds. The molecule has 0 fully saturated rings. The number of amides is 2. The Morgan fingerprint density at radius 1 is 1.24 bits per heavy atom. The van der Waals surface area contributed by atoms with E-state index in [0.29, 0.717) is 18.9 Å². The Labute approximate surface area is 149 Å². The molecular formula is C17H21F2N3O2S. The van der Waals surface area contributed by atoms with Crippen LogP contribution in [0.1, 0.15) is 30.5 Å². The van der Waals surface area contributed by atoms with Crippen LogP contribution in [0.4, 0.5) is 13.6 Å². The predicted molar refractivity (Wildman–Crippen MR) is 93.2 cm³/mol. The van der Waals surface area contributed by atoms with E-state index in [0.717, 1.165) is 22.8 Å². The maximum atomic E-state index is 13.0. The molecule has 2 rings (SSSR count). The van der Waals surface area contributed by atoms with Gasteiger partial charge in [0.25, 0.3) is 0 Å². The number of carbonyl (C=O) groups is 1. The Morgan fingerprint density at radius 3 is 2.68 bits per heavy atom. The summed E-state index contributed by atoms with van der Waals surface area (Å²) in [4.78, 5) is 16.1. The van der Waals surface area contributed by atoms with E-state index < -0.39 is 11.6 Å². The van der Waals surface area contributed by atoms with Crippen LogP contribution >= 0.6 is 11.3 Å². The first-order chi connectivity index (χ1) is 12.0. The summed E-state index contributed by atoms with van der Waals surface area (Å²) in [6, 6.07) is 2.98. The molecule has 0 spiro atoms. The normalized spacial score (nSPS) is 10.8. The van der Waals surface area contributed by atoms with Gasteiger partial charge in [0.2, 0.25) is 0 Å². The van der Waals surface area contributed by atoms with Crippen LogP contribution in [0.3, 0.4) is 0 Å². The first kappa shape index (κ1) is 19.1. The average molecular weight is 369 g/mol. The number of hydrogen-bond donors (Lipinski definition) is 2. The number of ether oxygens (including phenoxy) is 1. The van der Waals surface area contributed by atoms with Gasteiger partial charge < -0.3 is 15.4 Å². The number of benzene rings is 1. The molecule has 136 valence electrons. The number of nitrogens with one attached hydrogen (secondary N) is 2. The molecule has 0 radical (unpaired) electrons. The molecule has 8 heteroatoms. The standard InChI is InChI=1S/C17H21F2N3O2S/c1-11(2)16-22-12(10-25-16)5-6-20-17(23)21-7-8-24-13-3-4-14(18)15(19)9-13/h3-4,9-11H,5-8H2,1-2H3,(H2,20,21,23). The molecule has 1 aromatic heterocycles. The van der Waals surface area contributed by atoms with E-state index >= 15 is 0 Å². The fraction of sp³-hybridized carbons (Fsp3) is 0.412. The smallest absolute Gasteiger partial charge is 0.314 e. The molecular weight excluding hydrogens is 348 g/mol. The highest BCUT2D eigenvalue weighted by Gasteiger charge is 2.07. The molecule has 0 aliphatic heterocycles. The molecule has 0 bridgehead atoms. The zero-order valence-electron chi connectivity index (χ0n) is 14.1. The van der Waals surface area contributed by atoms with Crippen LogP contribution in [0.5, 0.6) is 5.75 Å². The number of hydrogen-bond acceptors (Lipinski definition) is 4. The van der Waals surface area contributed by atoms with Crippen molar-refractivity contribution in [3.8, 4) is 5.75 Å². The van der Waals surface area contributed by atoms with Crippen molar-refractivity contribution in [3.63, 3.8) is 0 Å². The van der Waals surface area contributed by atoms with E-state index in [1.807, 2.05) is 5.38 Å². The molecule has 1 heterocycles. The topological polar surface area (TPSA) is 63.2 Å². The SMILES string of the molecule is CC(C)c1nc(CCNC(=O)NCCOc2ccc(F)c(F)c2)cs1. The van der Waals surface area contributed by atoms with Crippen molar-refractivity contribution in [3.05, 3.63) is 45.9 Å². The van der Waals surface area contributed by atoms with Crippen LogP contribution < -0.4 is 15.4 Å². The molecule has 2 N–H and O–H groups in total. The summed E-state index contributed by atoms with van der Waals surface area (Å²) >= 11 is 1.63. The second-order valence-electron chi connectivity index (χ2n) is 5.69. The van der Waals surface area contributed by atoms with Gasteiger partial charge in [-0.1, -0.05) is 13.8 Å². The third kappa shape index (κ3) is 6.30. The second-order valence-corrected chi connectivity index (χ2v) is 6.58. The minimum absolute atomic E-state index is 0.155.